The predicted octanol–water partition coefficient (Wildman–Crippen LogP) is 6.87. The van der Waals surface area contributed by atoms with E-state index in [1.54, 1.807) is 23.5 Å². The fourth-order valence-corrected chi connectivity index (χ4v) is 6.84. The summed E-state index contributed by atoms with van der Waals surface area (Å²) in [7, 11) is 0. The third-order valence-electron chi connectivity index (χ3n) is 5.86. The van der Waals surface area contributed by atoms with Gasteiger partial charge in [-0.25, -0.2) is 0 Å². The topological polar surface area (TPSA) is 40.6 Å². The van der Waals surface area contributed by atoms with Crippen molar-refractivity contribution in [2.75, 3.05) is 13.1 Å². The van der Waals surface area contributed by atoms with E-state index in [1.165, 1.54) is 23.8 Å². The first-order valence-electron chi connectivity index (χ1n) is 11.5. The summed E-state index contributed by atoms with van der Waals surface area (Å²) in [5.41, 5.74) is 5.41. The third kappa shape index (κ3) is 5.95. The first kappa shape index (κ1) is 26.6. The van der Waals surface area contributed by atoms with Crippen LogP contribution in [0, 0.1) is 5.41 Å². The van der Waals surface area contributed by atoms with Gasteiger partial charge in [-0.1, -0.05) is 73.5 Å². The number of amides is 2. The van der Waals surface area contributed by atoms with Crippen molar-refractivity contribution in [3.8, 4) is 0 Å². The summed E-state index contributed by atoms with van der Waals surface area (Å²) >= 11 is 8.92. The Balaban J connectivity index is 1.86. The van der Waals surface area contributed by atoms with Crippen LogP contribution in [0.5, 0.6) is 0 Å². The predicted molar refractivity (Wildman–Crippen MR) is 149 cm³/mol. The Hall–Kier alpha value is -2.05. The fourth-order valence-electron chi connectivity index (χ4n) is 4.15. The Morgan fingerprint density at radius 2 is 1.59 bits per heavy atom. The molecule has 2 aliphatic heterocycles. The molecule has 2 heterocycles. The summed E-state index contributed by atoms with van der Waals surface area (Å²) in [6.45, 7) is 13.3. The lowest BCUT2D eigenvalue weighted by Gasteiger charge is -2.38. The molecule has 0 aromatic rings. The highest BCUT2D eigenvalue weighted by atomic mass is 32.2. The number of nitrogens with zero attached hydrogens (tertiary/aromatic N) is 2. The van der Waals surface area contributed by atoms with Gasteiger partial charge >= 0.3 is 0 Å². The minimum atomic E-state index is -0.282. The summed E-state index contributed by atoms with van der Waals surface area (Å²) in [5, 5.41) is 0.298. The van der Waals surface area contributed by atoms with Crippen molar-refractivity contribution in [1.29, 1.82) is 0 Å². The van der Waals surface area contributed by atoms with E-state index in [1.807, 2.05) is 44.2 Å². The van der Waals surface area contributed by atoms with Gasteiger partial charge in [0.2, 0.25) is 0 Å². The van der Waals surface area contributed by atoms with Crippen molar-refractivity contribution in [3.63, 3.8) is 0 Å². The number of thioether (sulfide) groups is 2. The molecule has 0 atom stereocenters. The van der Waals surface area contributed by atoms with Crippen LogP contribution in [0.15, 0.2) is 73.0 Å². The lowest BCUT2D eigenvalue weighted by Crippen LogP contribution is -2.56. The average Bonchev–Trinajstić information content (AvgIpc) is 3.07. The molecule has 180 valence electrons. The van der Waals surface area contributed by atoms with Crippen LogP contribution < -0.4 is 0 Å². The van der Waals surface area contributed by atoms with Crippen LogP contribution in [0.1, 0.15) is 54.4 Å². The zero-order chi connectivity index (χ0) is 25.0. The van der Waals surface area contributed by atoms with E-state index in [4.69, 9.17) is 12.2 Å². The Labute approximate surface area is 217 Å². The summed E-state index contributed by atoms with van der Waals surface area (Å²) in [5.74, 6) is -0.565. The molecule has 0 N–H and O–H groups in total. The largest absolute Gasteiger partial charge is 0.285 e. The van der Waals surface area contributed by atoms with E-state index in [2.05, 4.69) is 39.5 Å². The molecule has 2 amide bonds. The molecule has 7 heteroatoms. The molecule has 1 saturated heterocycles. The van der Waals surface area contributed by atoms with Crippen LogP contribution >= 0.6 is 35.7 Å². The van der Waals surface area contributed by atoms with Crippen molar-refractivity contribution < 1.29 is 9.59 Å². The maximum Gasteiger partial charge on any atom is 0.265 e. The molecule has 4 nitrogen and oxygen atoms in total. The van der Waals surface area contributed by atoms with E-state index in [0.29, 0.717) is 24.6 Å². The first-order valence-corrected chi connectivity index (χ1v) is 13.6. The van der Waals surface area contributed by atoms with Crippen LogP contribution in [0.25, 0.3) is 0 Å². The summed E-state index contributed by atoms with van der Waals surface area (Å²) < 4.78 is 1.17. The molecular weight excluding hydrogens is 481 g/mol. The number of hydrogen-bond donors (Lipinski definition) is 0. The molecule has 3 aliphatic rings. The lowest BCUT2D eigenvalue weighted by molar-refractivity contribution is -0.133. The van der Waals surface area contributed by atoms with Crippen LogP contribution in [0.3, 0.4) is 0 Å². The smallest absolute Gasteiger partial charge is 0.265 e. The molecule has 0 saturated carbocycles. The van der Waals surface area contributed by atoms with E-state index in [9.17, 15) is 9.59 Å². The van der Waals surface area contributed by atoms with Gasteiger partial charge in [-0.3, -0.25) is 19.4 Å². The Bertz CT molecular complexity index is 1080. The zero-order valence-electron chi connectivity index (χ0n) is 20.7. The molecule has 0 aromatic heterocycles. The maximum absolute atomic E-state index is 13.2. The van der Waals surface area contributed by atoms with Gasteiger partial charge in [0.15, 0.2) is 5.11 Å². The van der Waals surface area contributed by atoms with Crippen LogP contribution in [-0.2, 0) is 9.59 Å². The number of carbonyl (C=O) groups excluding carboxylic acids is 2. The molecule has 0 unspecified atom stereocenters. The van der Waals surface area contributed by atoms with Gasteiger partial charge in [-0.05, 0) is 85.2 Å². The van der Waals surface area contributed by atoms with E-state index in [0.717, 1.165) is 17.6 Å². The Morgan fingerprint density at radius 3 is 2.15 bits per heavy atom. The second kappa shape index (κ2) is 11.1. The molecule has 0 aromatic carbocycles. The molecule has 34 heavy (non-hydrogen) atoms. The first-order chi connectivity index (χ1) is 16.1. The molecule has 0 radical (unpaired) electrons. The molecule has 1 aliphatic carbocycles. The molecular formula is C27H32N2O2S3. The average molecular weight is 513 g/mol. The number of carbonyl (C=O) groups is 2. The van der Waals surface area contributed by atoms with Crippen LogP contribution in [0.4, 0.5) is 0 Å². The van der Waals surface area contributed by atoms with Crippen molar-refractivity contribution >= 4 is 52.7 Å². The van der Waals surface area contributed by atoms with Crippen molar-refractivity contribution in [2.45, 2.75) is 54.4 Å². The van der Waals surface area contributed by atoms with Gasteiger partial charge in [-0.2, -0.15) is 0 Å². The second-order valence-corrected chi connectivity index (χ2v) is 12.3. The second-order valence-electron chi connectivity index (χ2n) is 9.18. The summed E-state index contributed by atoms with van der Waals surface area (Å²) in [6.07, 6.45) is 13.5. The Morgan fingerprint density at radius 1 is 1.00 bits per heavy atom. The Kier molecular flexibility index (Phi) is 8.69. The highest BCUT2D eigenvalue weighted by molar-refractivity contribution is 8.28. The van der Waals surface area contributed by atoms with Gasteiger partial charge in [0.1, 0.15) is 5.57 Å². The van der Waals surface area contributed by atoms with Crippen molar-refractivity contribution in [1.82, 2.24) is 9.80 Å². The van der Waals surface area contributed by atoms with Gasteiger partial charge in [0.05, 0.1) is 4.24 Å². The zero-order valence-corrected chi connectivity index (χ0v) is 23.2. The van der Waals surface area contributed by atoms with E-state index < -0.39 is 0 Å². The standard InChI is InChI=1S/C27H32N2O2S3/c1-7-28-24(30)23(25(31)29(8-2)26(28)32)21-15-20(16-27(5,6)17-21)13-11-9-10-12-14-22-33-18(3)19(4)34-22/h9-13,15H,7-8,16-17H2,1-6H3/b10-9+,13-11+. The SMILES string of the molecule is CCN1C(=O)C(=C2C=C(/C=C/C=C/C=C=C3SC(C)=C(C)S3)CC(C)(C)C2)C(=O)N(CC)C1=S. The number of rotatable bonds is 5. The normalized spacial score (nSPS) is 21.4. The summed E-state index contributed by atoms with van der Waals surface area (Å²) in [6, 6.07) is 0. The highest BCUT2D eigenvalue weighted by Gasteiger charge is 2.41. The third-order valence-corrected chi connectivity index (χ3v) is 8.76. The van der Waals surface area contributed by atoms with E-state index >= 15 is 0 Å². The highest BCUT2D eigenvalue weighted by Crippen LogP contribution is 2.47. The van der Waals surface area contributed by atoms with Crippen molar-refractivity contribution in [2.24, 2.45) is 5.41 Å². The van der Waals surface area contributed by atoms with Gasteiger partial charge in [0.25, 0.3) is 11.8 Å². The van der Waals surface area contributed by atoms with Crippen LogP contribution in [0.2, 0.25) is 0 Å². The summed E-state index contributed by atoms with van der Waals surface area (Å²) in [4.78, 5) is 32.1. The number of allylic oxidation sites excluding steroid dienone is 10. The van der Waals surface area contributed by atoms with Crippen molar-refractivity contribution in [3.05, 3.63) is 73.0 Å². The lowest BCUT2D eigenvalue weighted by atomic mass is 9.73. The number of thiocarbonyl (C=S) groups is 1. The molecule has 0 bridgehead atoms. The number of likely N-dealkylation sites (N-methyl/N-ethyl adjacent to an activating group) is 2. The van der Waals surface area contributed by atoms with E-state index in [-0.39, 0.29) is 22.8 Å². The van der Waals surface area contributed by atoms with Gasteiger partial charge in [0, 0.05) is 13.1 Å². The minimum absolute atomic E-state index is 0.0585. The molecule has 0 spiro atoms. The quantitative estimate of drug-likeness (QED) is 0.132. The molecule has 1 fully saturated rings. The minimum Gasteiger partial charge on any atom is -0.285 e. The van der Waals surface area contributed by atoms with Gasteiger partial charge < -0.3 is 0 Å². The number of hydrogen-bond acceptors (Lipinski definition) is 5. The maximum atomic E-state index is 13.2. The fraction of sp³-hybridized carbons (Fsp3) is 0.407. The monoisotopic (exact) mass is 512 g/mol. The van der Waals surface area contributed by atoms with Gasteiger partial charge in [-0.15, -0.1) is 0 Å². The molecule has 3 rings (SSSR count). The van der Waals surface area contributed by atoms with Crippen LogP contribution in [-0.4, -0.2) is 39.8 Å².